The Balaban J connectivity index is 2.16. The van der Waals surface area contributed by atoms with E-state index in [1.165, 1.54) is 4.90 Å². The molecule has 2 heterocycles. The summed E-state index contributed by atoms with van der Waals surface area (Å²) in [5.41, 5.74) is -1.46. The fourth-order valence-electron chi connectivity index (χ4n) is 3.27. The van der Waals surface area contributed by atoms with Crippen LogP contribution in [0.3, 0.4) is 0 Å². The third-order valence-corrected chi connectivity index (χ3v) is 4.69. The van der Waals surface area contributed by atoms with Crippen molar-refractivity contribution >= 4 is 12.0 Å². The predicted octanol–water partition coefficient (Wildman–Crippen LogP) is 3.24. The Morgan fingerprint density at radius 3 is 2.46 bits per heavy atom. The lowest BCUT2D eigenvalue weighted by molar-refractivity contribution is -0.141. The summed E-state index contributed by atoms with van der Waals surface area (Å²) in [5, 5.41) is 9.39. The number of carboxylic acid groups (broad SMARTS) is 1. The minimum Gasteiger partial charge on any atom is -0.465 e. The van der Waals surface area contributed by atoms with Crippen molar-refractivity contribution in [2.24, 2.45) is 0 Å². The Morgan fingerprint density at radius 2 is 2.00 bits per heavy atom. The molecule has 0 saturated carbocycles. The first-order valence-corrected chi connectivity index (χ1v) is 7.89. The molecule has 1 aliphatic heterocycles. The summed E-state index contributed by atoms with van der Waals surface area (Å²) >= 11 is 0. The number of rotatable bonds is 4. The Hall–Kier alpha value is -2.06. The third-order valence-electron chi connectivity index (χ3n) is 4.69. The van der Waals surface area contributed by atoms with Gasteiger partial charge in [0, 0.05) is 31.4 Å². The highest BCUT2D eigenvalue weighted by molar-refractivity contribution is 5.66. The van der Waals surface area contributed by atoms with E-state index in [-0.39, 0.29) is 5.95 Å². The molecule has 134 valence electrons. The summed E-state index contributed by atoms with van der Waals surface area (Å²) < 4.78 is 38.3. The van der Waals surface area contributed by atoms with Crippen LogP contribution < -0.4 is 4.90 Å². The average molecular weight is 346 g/mol. The molecule has 1 saturated heterocycles. The van der Waals surface area contributed by atoms with Crippen LogP contribution in [0.2, 0.25) is 0 Å². The van der Waals surface area contributed by atoms with Crippen LogP contribution in [0.4, 0.5) is 23.9 Å². The molecule has 1 fully saturated rings. The van der Waals surface area contributed by atoms with Gasteiger partial charge in [-0.2, -0.15) is 13.2 Å². The second kappa shape index (κ2) is 6.82. The lowest BCUT2D eigenvalue weighted by atomic mass is 9.83. The first kappa shape index (κ1) is 18.3. The summed E-state index contributed by atoms with van der Waals surface area (Å²) in [6, 6.07) is 0.840. The van der Waals surface area contributed by atoms with Crippen molar-refractivity contribution < 1.29 is 23.1 Å². The van der Waals surface area contributed by atoms with Crippen molar-refractivity contribution in [3.8, 4) is 0 Å². The number of aromatic nitrogens is 2. The number of hydrogen-bond donors (Lipinski definition) is 1. The van der Waals surface area contributed by atoms with Crippen LogP contribution in [-0.4, -0.2) is 51.2 Å². The summed E-state index contributed by atoms with van der Waals surface area (Å²) in [6.45, 7) is 4.93. The minimum atomic E-state index is -4.51. The normalized spacial score (nSPS) is 17.6. The Kier molecular flexibility index (Phi) is 5.19. The van der Waals surface area contributed by atoms with E-state index in [9.17, 15) is 23.1 Å². The van der Waals surface area contributed by atoms with Gasteiger partial charge in [0.25, 0.3) is 0 Å². The highest BCUT2D eigenvalue weighted by Gasteiger charge is 2.41. The summed E-state index contributed by atoms with van der Waals surface area (Å²) in [5.74, 6) is 0.0351. The Bertz CT molecular complexity index is 586. The first-order chi connectivity index (χ1) is 11.2. The third kappa shape index (κ3) is 3.54. The second-order valence-electron chi connectivity index (χ2n) is 5.83. The maximum absolute atomic E-state index is 12.8. The zero-order chi connectivity index (χ0) is 18.0. The highest BCUT2D eigenvalue weighted by atomic mass is 19.4. The first-order valence-electron chi connectivity index (χ1n) is 7.89. The fourth-order valence-corrected chi connectivity index (χ4v) is 3.27. The molecule has 9 heteroatoms. The molecule has 1 N–H and O–H groups in total. The van der Waals surface area contributed by atoms with Gasteiger partial charge in [0.05, 0.1) is 0 Å². The van der Waals surface area contributed by atoms with Gasteiger partial charge in [-0.1, -0.05) is 6.92 Å². The molecule has 0 bridgehead atoms. The number of nitrogens with zero attached hydrogens (tertiary/aromatic N) is 4. The van der Waals surface area contributed by atoms with Crippen LogP contribution in [0.25, 0.3) is 0 Å². The summed E-state index contributed by atoms with van der Waals surface area (Å²) in [7, 11) is 0. The topological polar surface area (TPSA) is 69.6 Å². The molecule has 1 aromatic heterocycles. The number of amides is 1. The van der Waals surface area contributed by atoms with Gasteiger partial charge >= 0.3 is 12.3 Å². The number of hydrogen-bond acceptors (Lipinski definition) is 4. The average Bonchev–Trinajstić information content (AvgIpc) is 2.55. The number of anilines is 1. The van der Waals surface area contributed by atoms with Gasteiger partial charge in [0.2, 0.25) is 5.95 Å². The van der Waals surface area contributed by atoms with E-state index >= 15 is 0 Å². The monoisotopic (exact) mass is 346 g/mol. The Labute approximate surface area is 138 Å². The lowest BCUT2D eigenvalue weighted by Crippen LogP contribution is -2.57. The molecule has 24 heavy (non-hydrogen) atoms. The quantitative estimate of drug-likeness (QED) is 0.906. The molecule has 0 aromatic carbocycles. The molecule has 0 atom stereocenters. The van der Waals surface area contributed by atoms with Gasteiger partial charge in [0.15, 0.2) is 0 Å². The SMILES string of the molecule is CCN(C(=O)O)C1(CC)CCN(c2nccc(C(F)(F)F)n2)CC1. The van der Waals surface area contributed by atoms with E-state index in [1.54, 1.807) is 11.8 Å². The van der Waals surface area contributed by atoms with Crippen LogP contribution in [0, 0.1) is 0 Å². The van der Waals surface area contributed by atoms with Gasteiger partial charge in [-0.25, -0.2) is 14.8 Å². The van der Waals surface area contributed by atoms with Crippen LogP contribution >= 0.6 is 0 Å². The van der Waals surface area contributed by atoms with E-state index < -0.39 is 23.5 Å². The largest absolute Gasteiger partial charge is 0.465 e. The fraction of sp³-hybridized carbons (Fsp3) is 0.667. The standard InChI is InChI=1S/C15H21F3N4O2/c1-3-14(22(4-2)13(23)24)6-9-21(10-7-14)12-19-8-5-11(20-12)15(16,17)18/h5,8H,3-4,6-7,9-10H2,1-2H3,(H,23,24). The lowest BCUT2D eigenvalue weighted by Gasteiger charge is -2.47. The molecule has 0 radical (unpaired) electrons. The Morgan fingerprint density at radius 1 is 1.38 bits per heavy atom. The van der Waals surface area contributed by atoms with Crippen LogP contribution in [0.5, 0.6) is 0 Å². The van der Waals surface area contributed by atoms with Crippen LogP contribution in [0.15, 0.2) is 12.3 Å². The zero-order valence-corrected chi connectivity index (χ0v) is 13.7. The number of halogens is 3. The molecule has 1 amide bonds. The van der Waals surface area contributed by atoms with Crippen molar-refractivity contribution in [1.29, 1.82) is 0 Å². The van der Waals surface area contributed by atoms with Crippen molar-refractivity contribution in [2.75, 3.05) is 24.5 Å². The minimum absolute atomic E-state index is 0.0351. The molecule has 2 rings (SSSR count). The molecule has 1 aliphatic rings. The van der Waals surface area contributed by atoms with Gasteiger partial charge in [-0.3, -0.25) is 0 Å². The number of carbonyl (C=O) groups is 1. The van der Waals surface area contributed by atoms with Gasteiger partial charge < -0.3 is 14.9 Å². The van der Waals surface area contributed by atoms with Crippen molar-refractivity contribution in [3.05, 3.63) is 18.0 Å². The number of piperidine rings is 1. The molecular formula is C15H21F3N4O2. The molecule has 0 spiro atoms. The van der Waals surface area contributed by atoms with Gasteiger partial charge in [-0.05, 0) is 32.3 Å². The van der Waals surface area contributed by atoms with E-state index in [4.69, 9.17) is 0 Å². The molecule has 0 aliphatic carbocycles. The summed E-state index contributed by atoms with van der Waals surface area (Å²) in [6.07, 6.45) is -2.66. The van der Waals surface area contributed by atoms with Gasteiger partial charge in [-0.15, -0.1) is 0 Å². The smallest absolute Gasteiger partial charge is 0.433 e. The van der Waals surface area contributed by atoms with Crippen molar-refractivity contribution in [1.82, 2.24) is 14.9 Å². The van der Waals surface area contributed by atoms with E-state index in [1.807, 2.05) is 6.92 Å². The summed E-state index contributed by atoms with van der Waals surface area (Å²) in [4.78, 5) is 22.1. The zero-order valence-electron chi connectivity index (χ0n) is 13.7. The maximum atomic E-state index is 12.8. The molecular weight excluding hydrogens is 325 g/mol. The van der Waals surface area contributed by atoms with Crippen LogP contribution in [0.1, 0.15) is 38.8 Å². The van der Waals surface area contributed by atoms with E-state index in [2.05, 4.69) is 9.97 Å². The highest BCUT2D eigenvalue weighted by Crippen LogP contribution is 2.34. The molecule has 6 nitrogen and oxygen atoms in total. The van der Waals surface area contributed by atoms with E-state index in [0.717, 1.165) is 12.3 Å². The van der Waals surface area contributed by atoms with Crippen molar-refractivity contribution in [2.45, 2.75) is 44.8 Å². The maximum Gasteiger partial charge on any atom is 0.433 e. The van der Waals surface area contributed by atoms with E-state index in [0.29, 0.717) is 38.9 Å². The predicted molar refractivity (Wildman–Crippen MR) is 81.9 cm³/mol. The van der Waals surface area contributed by atoms with Gasteiger partial charge in [0.1, 0.15) is 5.69 Å². The number of alkyl halides is 3. The second-order valence-corrected chi connectivity index (χ2v) is 5.83. The molecule has 0 unspecified atom stereocenters. The van der Waals surface area contributed by atoms with Crippen molar-refractivity contribution in [3.63, 3.8) is 0 Å². The molecule has 1 aromatic rings. The van der Waals surface area contributed by atoms with Crippen LogP contribution in [-0.2, 0) is 6.18 Å².